The predicted molar refractivity (Wildman–Crippen MR) is 92.5 cm³/mol. The Hall–Kier alpha value is -3.14. The number of hydrogen-bond acceptors (Lipinski definition) is 3. The van der Waals surface area contributed by atoms with Gasteiger partial charge in [0.15, 0.2) is 12.2 Å². The zero-order valence-electron chi connectivity index (χ0n) is 13.2. The van der Waals surface area contributed by atoms with Crippen molar-refractivity contribution in [2.75, 3.05) is 0 Å². The summed E-state index contributed by atoms with van der Waals surface area (Å²) >= 11 is 0. The molecule has 4 nitrogen and oxygen atoms in total. The monoisotopic (exact) mass is 315 g/mol. The maximum atomic E-state index is 5.71. The van der Waals surface area contributed by atoms with Crippen molar-refractivity contribution in [2.45, 2.75) is 13.0 Å². The van der Waals surface area contributed by atoms with Gasteiger partial charge >= 0.3 is 0 Å². The first-order chi connectivity index (χ1) is 11.9. The average molecular weight is 315 g/mol. The van der Waals surface area contributed by atoms with Crippen LogP contribution in [0.2, 0.25) is 0 Å². The lowest BCUT2D eigenvalue weighted by atomic mass is 10.1. The molecule has 0 saturated carbocycles. The quantitative estimate of drug-likeness (QED) is 0.555. The fraction of sp³-hybridized carbons (Fsp3) is 0.100. The Morgan fingerprint density at radius 1 is 0.917 bits per heavy atom. The summed E-state index contributed by atoms with van der Waals surface area (Å²) in [6, 6.07) is 18.4. The normalized spacial score (nSPS) is 10.8. The standard InChI is InChI=1S/C20H17N3O/c1-2-6-16(7-3-1)12-18-20(24-15-22-18)19-9-5-11-23(19)14-17-8-4-10-21-13-17/h1-11,13,15H,12,14H2. The van der Waals surface area contributed by atoms with Crippen molar-refractivity contribution in [3.05, 3.63) is 96.4 Å². The SMILES string of the molecule is c1ccc(Cc2ncoc2-c2cccn2Cc2cccnc2)cc1. The van der Waals surface area contributed by atoms with Gasteiger partial charge in [-0.15, -0.1) is 0 Å². The van der Waals surface area contributed by atoms with Crippen molar-refractivity contribution in [1.29, 1.82) is 0 Å². The fourth-order valence-electron chi connectivity index (χ4n) is 2.84. The molecule has 0 bridgehead atoms. The second-order valence-corrected chi connectivity index (χ2v) is 5.67. The van der Waals surface area contributed by atoms with E-state index in [2.05, 4.69) is 45.0 Å². The van der Waals surface area contributed by atoms with Gasteiger partial charge in [-0.05, 0) is 29.3 Å². The van der Waals surface area contributed by atoms with Gasteiger partial charge in [0.25, 0.3) is 0 Å². The van der Waals surface area contributed by atoms with Crippen LogP contribution in [0, 0.1) is 0 Å². The minimum absolute atomic E-state index is 0.752. The molecule has 0 spiro atoms. The molecule has 0 aliphatic heterocycles. The lowest BCUT2D eigenvalue weighted by molar-refractivity contribution is 0.564. The molecule has 0 amide bonds. The van der Waals surface area contributed by atoms with Crippen molar-refractivity contribution in [3.63, 3.8) is 0 Å². The molecule has 0 aliphatic carbocycles. The molecule has 0 N–H and O–H groups in total. The van der Waals surface area contributed by atoms with Crippen LogP contribution >= 0.6 is 0 Å². The third-order valence-corrected chi connectivity index (χ3v) is 3.99. The number of benzene rings is 1. The maximum absolute atomic E-state index is 5.71. The minimum atomic E-state index is 0.752. The Labute approximate surface area is 140 Å². The molecule has 3 heterocycles. The Morgan fingerprint density at radius 3 is 2.62 bits per heavy atom. The van der Waals surface area contributed by atoms with Crippen molar-refractivity contribution in [3.8, 4) is 11.5 Å². The van der Waals surface area contributed by atoms with Crippen LogP contribution in [0.4, 0.5) is 0 Å². The molecule has 0 fully saturated rings. The van der Waals surface area contributed by atoms with E-state index in [1.54, 1.807) is 6.20 Å². The molecule has 0 unspecified atom stereocenters. The molecule has 118 valence electrons. The van der Waals surface area contributed by atoms with Crippen LogP contribution in [-0.4, -0.2) is 14.5 Å². The van der Waals surface area contributed by atoms with E-state index in [-0.39, 0.29) is 0 Å². The second kappa shape index (κ2) is 6.54. The summed E-state index contributed by atoms with van der Waals surface area (Å²) in [5, 5.41) is 0. The Balaban J connectivity index is 1.64. The fourth-order valence-corrected chi connectivity index (χ4v) is 2.84. The summed E-state index contributed by atoms with van der Waals surface area (Å²) < 4.78 is 7.87. The van der Waals surface area contributed by atoms with Crippen molar-refractivity contribution in [1.82, 2.24) is 14.5 Å². The molecular formula is C20H17N3O. The molecule has 4 aromatic rings. The third kappa shape index (κ3) is 2.99. The van der Waals surface area contributed by atoms with E-state index in [4.69, 9.17) is 4.42 Å². The van der Waals surface area contributed by atoms with Gasteiger partial charge in [-0.25, -0.2) is 4.98 Å². The van der Waals surface area contributed by atoms with Crippen LogP contribution in [-0.2, 0) is 13.0 Å². The molecule has 3 aromatic heterocycles. The van der Waals surface area contributed by atoms with Crippen LogP contribution in [0.3, 0.4) is 0 Å². The summed E-state index contributed by atoms with van der Waals surface area (Å²) in [4.78, 5) is 8.61. The number of aromatic nitrogens is 3. The highest BCUT2D eigenvalue weighted by Gasteiger charge is 2.15. The average Bonchev–Trinajstić information content (AvgIpc) is 3.26. The van der Waals surface area contributed by atoms with Crippen molar-refractivity contribution >= 4 is 0 Å². The zero-order chi connectivity index (χ0) is 16.2. The van der Waals surface area contributed by atoms with E-state index < -0.39 is 0 Å². The molecular weight excluding hydrogens is 298 g/mol. The molecule has 24 heavy (non-hydrogen) atoms. The van der Waals surface area contributed by atoms with Gasteiger partial charge in [-0.2, -0.15) is 0 Å². The van der Waals surface area contributed by atoms with Gasteiger partial charge in [0.1, 0.15) is 0 Å². The van der Waals surface area contributed by atoms with Crippen LogP contribution in [0.5, 0.6) is 0 Å². The Morgan fingerprint density at radius 2 is 1.79 bits per heavy atom. The highest BCUT2D eigenvalue weighted by Crippen LogP contribution is 2.26. The number of nitrogens with zero attached hydrogens (tertiary/aromatic N) is 3. The lowest BCUT2D eigenvalue weighted by Crippen LogP contribution is -2.01. The molecule has 0 radical (unpaired) electrons. The van der Waals surface area contributed by atoms with Crippen LogP contribution in [0.25, 0.3) is 11.5 Å². The van der Waals surface area contributed by atoms with Gasteiger partial charge in [-0.3, -0.25) is 4.98 Å². The maximum Gasteiger partial charge on any atom is 0.181 e. The van der Waals surface area contributed by atoms with Crippen LogP contribution < -0.4 is 0 Å². The van der Waals surface area contributed by atoms with E-state index in [0.29, 0.717) is 0 Å². The summed E-state index contributed by atoms with van der Waals surface area (Å²) in [7, 11) is 0. The number of pyridine rings is 1. The topological polar surface area (TPSA) is 43.9 Å². The summed E-state index contributed by atoms with van der Waals surface area (Å²) in [5.41, 5.74) is 4.35. The molecule has 1 aromatic carbocycles. The molecule has 0 saturated heterocycles. The van der Waals surface area contributed by atoms with E-state index >= 15 is 0 Å². The number of rotatable bonds is 5. The highest BCUT2D eigenvalue weighted by molar-refractivity contribution is 5.57. The summed E-state index contributed by atoms with van der Waals surface area (Å²) in [5.74, 6) is 0.827. The summed E-state index contributed by atoms with van der Waals surface area (Å²) in [6.07, 6.45) is 8.00. The van der Waals surface area contributed by atoms with E-state index in [9.17, 15) is 0 Å². The van der Waals surface area contributed by atoms with Crippen molar-refractivity contribution < 1.29 is 4.42 Å². The third-order valence-electron chi connectivity index (χ3n) is 3.99. The first-order valence-corrected chi connectivity index (χ1v) is 7.91. The number of hydrogen-bond donors (Lipinski definition) is 0. The van der Waals surface area contributed by atoms with Gasteiger partial charge in [0.2, 0.25) is 0 Å². The first kappa shape index (κ1) is 14.5. The first-order valence-electron chi connectivity index (χ1n) is 7.91. The van der Waals surface area contributed by atoms with Gasteiger partial charge in [-0.1, -0.05) is 36.4 Å². The van der Waals surface area contributed by atoms with Gasteiger partial charge in [0, 0.05) is 31.6 Å². The zero-order valence-corrected chi connectivity index (χ0v) is 13.2. The smallest absolute Gasteiger partial charge is 0.181 e. The number of oxazole rings is 1. The molecule has 4 heteroatoms. The molecule has 4 rings (SSSR count). The largest absolute Gasteiger partial charge is 0.442 e. The van der Waals surface area contributed by atoms with Gasteiger partial charge < -0.3 is 8.98 Å². The predicted octanol–water partition coefficient (Wildman–Crippen LogP) is 4.18. The van der Waals surface area contributed by atoms with Crippen LogP contribution in [0.15, 0.2) is 84.0 Å². The van der Waals surface area contributed by atoms with E-state index in [1.807, 2.05) is 36.5 Å². The van der Waals surface area contributed by atoms with Crippen molar-refractivity contribution in [2.24, 2.45) is 0 Å². The highest BCUT2D eigenvalue weighted by atomic mass is 16.3. The van der Waals surface area contributed by atoms with Gasteiger partial charge in [0.05, 0.1) is 11.4 Å². The Bertz CT molecular complexity index is 832. The lowest BCUT2D eigenvalue weighted by Gasteiger charge is -2.08. The van der Waals surface area contributed by atoms with E-state index in [0.717, 1.165) is 35.7 Å². The minimum Gasteiger partial charge on any atom is -0.442 e. The molecule has 0 aliphatic rings. The Kier molecular flexibility index (Phi) is 3.94. The summed E-state index contributed by atoms with van der Waals surface area (Å²) in [6.45, 7) is 0.752. The second-order valence-electron chi connectivity index (χ2n) is 5.67. The van der Waals surface area contributed by atoms with E-state index in [1.165, 1.54) is 12.0 Å². The molecule has 0 atom stereocenters. The van der Waals surface area contributed by atoms with Crippen LogP contribution in [0.1, 0.15) is 16.8 Å².